The minimum atomic E-state index is -0.840. The largest absolute Gasteiger partial charge is 0.481 e. The summed E-state index contributed by atoms with van der Waals surface area (Å²) < 4.78 is 0. The Bertz CT molecular complexity index is 440. The fourth-order valence-corrected chi connectivity index (χ4v) is 3.25. The van der Waals surface area contributed by atoms with Crippen LogP contribution in [0.3, 0.4) is 0 Å². The number of carbonyl (C=O) groups is 2. The van der Waals surface area contributed by atoms with Crippen LogP contribution in [-0.4, -0.2) is 29.7 Å². The molecular weight excluding hydrogens is 256 g/mol. The lowest BCUT2D eigenvalue weighted by Gasteiger charge is -2.13. The molecule has 0 aromatic rings. The fourth-order valence-electron chi connectivity index (χ4n) is 3.25. The maximum atomic E-state index is 11.8. The molecule has 2 aliphatic carbocycles. The maximum Gasteiger partial charge on any atom is 0.315 e. The molecule has 5 heteroatoms. The summed E-state index contributed by atoms with van der Waals surface area (Å²) in [5.74, 6) is -0.847. The second kappa shape index (κ2) is 4.79. The zero-order chi connectivity index (χ0) is 15.1. The summed E-state index contributed by atoms with van der Waals surface area (Å²) in [5, 5.41) is 14.6. The molecule has 0 radical (unpaired) electrons. The first kappa shape index (κ1) is 14.9. The van der Waals surface area contributed by atoms with Gasteiger partial charge in [-0.3, -0.25) is 4.79 Å². The maximum absolute atomic E-state index is 11.8. The van der Waals surface area contributed by atoms with Crippen LogP contribution in [-0.2, 0) is 4.79 Å². The number of carboxylic acid groups (broad SMARTS) is 1. The van der Waals surface area contributed by atoms with Crippen LogP contribution < -0.4 is 10.6 Å². The van der Waals surface area contributed by atoms with E-state index in [0.717, 1.165) is 0 Å². The Morgan fingerprint density at radius 3 is 2.25 bits per heavy atom. The first-order valence-corrected chi connectivity index (χ1v) is 7.11. The van der Waals surface area contributed by atoms with Gasteiger partial charge in [0.05, 0.1) is 12.0 Å². The summed E-state index contributed by atoms with van der Waals surface area (Å²) in [5.41, 5.74) is 0.504. The third-order valence-corrected chi connectivity index (χ3v) is 5.50. The topological polar surface area (TPSA) is 78.4 Å². The van der Waals surface area contributed by atoms with Crippen molar-refractivity contribution in [1.82, 2.24) is 10.6 Å². The molecule has 0 bridgehead atoms. The van der Waals surface area contributed by atoms with Crippen molar-refractivity contribution < 1.29 is 14.7 Å². The molecule has 2 aliphatic rings. The van der Waals surface area contributed by atoms with E-state index in [-0.39, 0.29) is 22.9 Å². The summed E-state index contributed by atoms with van der Waals surface area (Å²) >= 11 is 0. The van der Waals surface area contributed by atoms with E-state index in [0.29, 0.717) is 18.9 Å². The molecule has 0 aromatic carbocycles. The van der Waals surface area contributed by atoms with Crippen LogP contribution in [0.15, 0.2) is 12.2 Å². The zero-order valence-corrected chi connectivity index (χ0v) is 12.6. The van der Waals surface area contributed by atoms with Gasteiger partial charge in [0.1, 0.15) is 0 Å². The van der Waals surface area contributed by atoms with E-state index in [2.05, 4.69) is 38.3 Å². The van der Waals surface area contributed by atoms with Crippen molar-refractivity contribution in [2.24, 2.45) is 22.7 Å². The highest BCUT2D eigenvalue weighted by Crippen LogP contribution is 2.67. The molecule has 2 amide bonds. The molecule has 2 atom stereocenters. The summed E-state index contributed by atoms with van der Waals surface area (Å²) in [6, 6.07) is -0.402. The molecule has 112 valence electrons. The van der Waals surface area contributed by atoms with Crippen molar-refractivity contribution >= 4 is 12.0 Å². The minimum absolute atomic E-state index is 0.184. The van der Waals surface area contributed by atoms with Gasteiger partial charge in [0.2, 0.25) is 0 Å². The lowest BCUT2D eigenvalue weighted by Crippen LogP contribution is -2.42. The van der Waals surface area contributed by atoms with Crippen molar-refractivity contribution in [1.29, 1.82) is 0 Å². The predicted molar refractivity (Wildman–Crippen MR) is 76.3 cm³/mol. The smallest absolute Gasteiger partial charge is 0.315 e. The van der Waals surface area contributed by atoms with Crippen molar-refractivity contribution in [2.75, 3.05) is 6.54 Å². The van der Waals surface area contributed by atoms with Crippen LogP contribution in [0, 0.1) is 22.7 Å². The van der Waals surface area contributed by atoms with Crippen molar-refractivity contribution in [3.63, 3.8) is 0 Å². The Balaban J connectivity index is 1.73. The number of amides is 2. The molecule has 2 rings (SSSR count). The van der Waals surface area contributed by atoms with E-state index in [9.17, 15) is 9.59 Å². The molecule has 1 saturated carbocycles. The Labute approximate surface area is 119 Å². The quantitative estimate of drug-likeness (QED) is 0.689. The second-order valence-electron chi connectivity index (χ2n) is 7.02. The summed E-state index contributed by atoms with van der Waals surface area (Å²) in [6.07, 6.45) is 3.83. The number of nitrogens with one attached hydrogen (secondary N) is 2. The van der Waals surface area contributed by atoms with Crippen molar-refractivity contribution in [3.8, 4) is 0 Å². The van der Waals surface area contributed by atoms with Crippen LogP contribution in [0.4, 0.5) is 4.79 Å². The molecule has 2 unspecified atom stereocenters. The monoisotopic (exact) mass is 280 g/mol. The molecule has 0 saturated heterocycles. The van der Waals surface area contributed by atoms with E-state index in [4.69, 9.17) is 5.11 Å². The molecule has 0 heterocycles. The average molecular weight is 280 g/mol. The first-order chi connectivity index (χ1) is 9.16. The van der Waals surface area contributed by atoms with Gasteiger partial charge in [0, 0.05) is 6.54 Å². The molecule has 20 heavy (non-hydrogen) atoms. The standard InChI is InChI=1S/C15H24N2O3/c1-14(2)11(15(14,3)4)8-16-13(20)17-10-6-5-9(7-10)12(18)19/h5-6,9-11H,7-8H2,1-4H3,(H,18,19)(H2,16,17,20). The van der Waals surface area contributed by atoms with Crippen LogP contribution in [0.5, 0.6) is 0 Å². The average Bonchev–Trinajstić information content (AvgIpc) is 2.70. The van der Waals surface area contributed by atoms with Crippen LogP contribution in [0.2, 0.25) is 0 Å². The molecule has 5 nitrogen and oxygen atoms in total. The number of aliphatic carboxylic acids is 1. The van der Waals surface area contributed by atoms with E-state index >= 15 is 0 Å². The normalized spacial score (nSPS) is 30.0. The Hall–Kier alpha value is -1.52. The van der Waals surface area contributed by atoms with Gasteiger partial charge in [0.25, 0.3) is 0 Å². The van der Waals surface area contributed by atoms with Gasteiger partial charge in [-0.2, -0.15) is 0 Å². The van der Waals surface area contributed by atoms with Gasteiger partial charge in [-0.25, -0.2) is 4.79 Å². The summed E-state index contributed by atoms with van der Waals surface area (Å²) in [6.45, 7) is 9.52. The predicted octanol–water partition coefficient (Wildman–Crippen LogP) is 2.00. The van der Waals surface area contributed by atoms with Gasteiger partial charge in [0.15, 0.2) is 0 Å². The third kappa shape index (κ3) is 2.53. The van der Waals surface area contributed by atoms with Gasteiger partial charge >= 0.3 is 12.0 Å². The minimum Gasteiger partial charge on any atom is -0.481 e. The van der Waals surface area contributed by atoms with Crippen molar-refractivity contribution in [3.05, 3.63) is 12.2 Å². The Kier molecular flexibility index (Phi) is 3.56. The highest BCUT2D eigenvalue weighted by Gasteiger charge is 2.64. The summed E-state index contributed by atoms with van der Waals surface area (Å²) in [4.78, 5) is 22.6. The SMILES string of the molecule is CC1(C)C(CNC(=O)NC2C=CC(C(=O)O)C2)C1(C)C. The number of carboxylic acids is 1. The van der Waals surface area contributed by atoms with Crippen LogP contribution >= 0.6 is 0 Å². The van der Waals surface area contributed by atoms with Gasteiger partial charge in [-0.05, 0) is 23.2 Å². The van der Waals surface area contributed by atoms with E-state index in [1.54, 1.807) is 12.2 Å². The number of urea groups is 1. The highest BCUT2D eigenvalue weighted by molar-refractivity contribution is 5.76. The molecule has 3 N–H and O–H groups in total. The van der Waals surface area contributed by atoms with Crippen molar-refractivity contribution in [2.45, 2.75) is 40.2 Å². The lowest BCUT2D eigenvalue weighted by molar-refractivity contribution is -0.140. The number of rotatable bonds is 4. The number of hydrogen-bond donors (Lipinski definition) is 3. The zero-order valence-electron chi connectivity index (χ0n) is 12.6. The highest BCUT2D eigenvalue weighted by atomic mass is 16.4. The molecule has 0 aromatic heterocycles. The molecular formula is C15H24N2O3. The lowest BCUT2D eigenvalue weighted by atomic mass is 10.0. The third-order valence-electron chi connectivity index (χ3n) is 5.50. The number of hydrogen-bond acceptors (Lipinski definition) is 2. The first-order valence-electron chi connectivity index (χ1n) is 7.11. The summed E-state index contributed by atoms with van der Waals surface area (Å²) in [7, 11) is 0. The molecule has 1 fully saturated rings. The Morgan fingerprint density at radius 1 is 1.20 bits per heavy atom. The van der Waals surface area contributed by atoms with Gasteiger partial charge in [-0.15, -0.1) is 0 Å². The van der Waals surface area contributed by atoms with Crippen LogP contribution in [0.25, 0.3) is 0 Å². The fraction of sp³-hybridized carbons (Fsp3) is 0.733. The van der Waals surface area contributed by atoms with E-state index < -0.39 is 11.9 Å². The van der Waals surface area contributed by atoms with Crippen LogP contribution in [0.1, 0.15) is 34.1 Å². The molecule has 0 spiro atoms. The number of carbonyl (C=O) groups excluding carboxylic acids is 1. The van der Waals surface area contributed by atoms with E-state index in [1.807, 2.05) is 0 Å². The molecule has 0 aliphatic heterocycles. The van der Waals surface area contributed by atoms with E-state index in [1.165, 1.54) is 0 Å². The van der Waals surface area contributed by atoms with Gasteiger partial charge in [-0.1, -0.05) is 39.8 Å². The Morgan fingerprint density at radius 2 is 1.80 bits per heavy atom. The van der Waals surface area contributed by atoms with Gasteiger partial charge < -0.3 is 15.7 Å². The second-order valence-corrected chi connectivity index (χ2v) is 7.02.